The molecule has 6 heteroatoms. The summed E-state index contributed by atoms with van der Waals surface area (Å²) < 4.78 is 2.69. The van der Waals surface area contributed by atoms with E-state index in [4.69, 9.17) is 5.11 Å². The Morgan fingerprint density at radius 1 is 1.31 bits per heavy atom. The van der Waals surface area contributed by atoms with Crippen LogP contribution in [0.4, 0.5) is 5.69 Å². The summed E-state index contributed by atoms with van der Waals surface area (Å²) in [6.45, 7) is 1.34. The fraction of sp³-hybridized carbons (Fsp3) is 0.200. The number of carbonyl (C=O) groups is 2. The molecule has 0 saturated heterocycles. The number of hydrogen-bond donors (Lipinski definition) is 3. The Morgan fingerprint density at radius 3 is 2.44 bits per heavy atom. The van der Waals surface area contributed by atoms with Crippen molar-refractivity contribution in [2.45, 2.75) is 11.8 Å². The van der Waals surface area contributed by atoms with Crippen LogP contribution >= 0.6 is 11.9 Å². The molecule has 0 saturated carbocycles. The van der Waals surface area contributed by atoms with Crippen molar-refractivity contribution < 1.29 is 14.7 Å². The molecule has 0 spiro atoms. The molecule has 0 radical (unpaired) electrons. The number of amides is 1. The van der Waals surface area contributed by atoms with Gasteiger partial charge in [0.1, 0.15) is 6.54 Å². The minimum atomic E-state index is -0.901. The summed E-state index contributed by atoms with van der Waals surface area (Å²) in [6.07, 6.45) is 0. The lowest BCUT2D eigenvalue weighted by Crippen LogP contribution is -2.15. The van der Waals surface area contributed by atoms with Crippen LogP contribution in [0.5, 0.6) is 0 Å². The van der Waals surface area contributed by atoms with Crippen LogP contribution in [0.1, 0.15) is 6.92 Å². The molecule has 86 valence electrons. The second-order valence-corrected chi connectivity index (χ2v) is 3.99. The Morgan fingerprint density at radius 2 is 1.94 bits per heavy atom. The van der Waals surface area contributed by atoms with Crippen molar-refractivity contribution in [1.29, 1.82) is 0 Å². The number of rotatable bonds is 5. The summed E-state index contributed by atoms with van der Waals surface area (Å²) in [6, 6.07) is 7.11. The highest BCUT2D eigenvalue weighted by Gasteiger charge is 1.99. The highest BCUT2D eigenvalue weighted by atomic mass is 32.2. The number of aliphatic carboxylic acids is 1. The first kappa shape index (κ1) is 12.5. The van der Waals surface area contributed by atoms with Gasteiger partial charge in [-0.3, -0.25) is 9.59 Å². The Hall–Kier alpha value is -1.53. The maximum absolute atomic E-state index is 10.8. The van der Waals surface area contributed by atoms with Crippen LogP contribution in [-0.4, -0.2) is 23.5 Å². The molecule has 1 amide bonds. The van der Waals surface area contributed by atoms with Crippen LogP contribution in [0, 0.1) is 0 Å². The number of carbonyl (C=O) groups excluding carboxylic acids is 1. The van der Waals surface area contributed by atoms with E-state index >= 15 is 0 Å². The van der Waals surface area contributed by atoms with Gasteiger partial charge in [-0.05, 0) is 36.2 Å². The molecular formula is C10H12N2O3S. The van der Waals surface area contributed by atoms with Crippen LogP contribution in [0.2, 0.25) is 0 Å². The van der Waals surface area contributed by atoms with E-state index in [9.17, 15) is 9.59 Å². The number of hydrogen-bond acceptors (Lipinski definition) is 4. The molecule has 0 bridgehead atoms. The highest BCUT2D eigenvalue weighted by molar-refractivity contribution is 7.97. The third-order valence-electron chi connectivity index (χ3n) is 1.59. The van der Waals surface area contributed by atoms with Crippen molar-refractivity contribution in [2.75, 3.05) is 11.9 Å². The molecule has 1 aromatic rings. The summed E-state index contributed by atoms with van der Waals surface area (Å²) in [5.41, 5.74) is 0.718. The Bertz CT molecular complexity index is 378. The van der Waals surface area contributed by atoms with Gasteiger partial charge in [-0.1, -0.05) is 0 Å². The van der Waals surface area contributed by atoms with Crippen molar-refractivity contribution in [2.24, 2.45) is 0 Å². The predicted octanol–water partition coefficient (Wildman–Crippen LogP) is 1.33. The SMILES string of the molecule is CC(=O)Nc1ccc(SNCC(=O)O)cc1. The minimum absolute atomic E-state index is 0.0991. The Kier molecular flexibility index (Phi) is 4.81. The normalized spacial score (nSPS) is 9.81. The lowest BCUT2D eigenvalue weighted by atomic mass is 10.3. The molecule has 0 fully saturated rings. The van der Waals surface area contributed by atoms with Gasteiger partial charge in [0, 0.05) is 17.5 Å². The van der Waals surface area contributed by atoms with Gasteiger partial charge in [-0.2, -0.15) is 0 Å². The zero-order valence-corrected chi connectivity index (χ0v) is 9.50. The van der Waals surface area contributed by atoms with E-state index in [1.54, 1.807) is 24.3 Å². The van der Waals surface area contributed by atoms with Crippen LogP contribution in [0.15, 0.2) is 29.2 Å². The van der Waals surface area contributed by atoms with E-state index in [1.165, 1.54) is 18.9 Å². The van der Waals surface area contributed by atoms with E-state index < -0.39 is 5.97 Å². The largest absolute Gasteiger partial charge is 0.480 e. The number of anilines is 1. The second-order valence-electron chi connectivity index (χ2n) is 3.02. The molecular weight excluding hydrogens is 228 g/mol. The highest BCUT2D eigenvalue weighted by Crippen LogP contribution is 2.17. The molecule has 1 rings (SSSR count). The van der Waals surface area contributed by atoms with Gasteiger partial charge in [-0.15, -0.1) is 0 Å². The Labute approximate surface area is 97.4 Å². The van der Waals surface area contributed by atoms with E-state index in [0.717, 1.165) is 10.6 Å². The lowest BCUT2D eigenvalue weighted by molar-refractivity contribution is -0.135. The maximum Gasteiger partial charge on any atom is 0.318 e. The monoisotopic (exact) mass is 240 g/mol. The van der Waals surface area contributed by atoms with Crippen LogP contribution in [-0.2, 0) is 9.59 Å². The molecule has 0 aliphatic rings. The molecule has 16 heavy (non-hydrogen) atoms. The van der Waals surface area contributed by atoms with Gasteiger partial charge in [0.25, 0.3) is 0 Å². The fourth-order valence-electron chi connectivity index (χ4n) is 0.991. The lowest BCUT2D eigenvalue weighted by Gasteiger charge is -2.04. The summed E-state index contributed by atoms with van der Waals surface area (Å²) in [7, 11) is 0. The molecule has 5 nitrogen and oxygen atoms in total. The first-order valence-corrected chi connectivity index (χ1v) is 5.39. The number of carboxylic acid groups (broad SMARTS) is 1. The van der Waals surface area contributed by atoms with Crippen molar-refractivity contribution in [3.05, 3.63) is 24.3 Å². The van der Waals surface area contributed by atoms with Crippen molar-refractivity contribution in [3.8, 4) is 0 Å². The van der Waals surface area contributed by atoms with Gasteiger partial charge in [-0.25, -0.2) is 4.72 Å². The van der Waals surface area contributed by atoms with Crippen LogP contribution < -0.4 is 10.0 Å². The quantitative estimate of drug-likeness (QED) is 0.677. The standard InChI is InChI=1S/C10H12N2O3S/c1-7(13)12-8-2-4-9(5-3-8)16-11-6-10(14)15/h2-5,11H,6H2,1H3,(H,12,13)(H,14,15). The molecule has 0 unspecified atom stereocenters. The van der Waals surface area contributed by atoms with Crippen molar-refractivity contribution in [3.63, 3.8) is 0 Å². The average molecular weight is 240 g/mol. The van der Waals surface area contributed by atoms with Gasteiger partial charge in [0.2, 0.25) is 5.91 Å². The van der Waals surface area contributed by atoms with Gasteiger partial charge in [0.05, 0.1) is 0 Å². The molecule has 0 atom stereocenters. The van der Waals surface area contributed by atoms with E-state index in [0.29, 0.717) is 0 Å². The average Bonchev–Trinajstić information content (AvgIpc) is 2.19. The summed E-state index contributed by atoms with van der Waals surface area (Å²) >= 11 is 1.23. The van der Waals surface area contributed by atoms with Gasteiger partial charge in [0.15, 0.2) is 0 Å². The first-order chi connectivity index (χ1) is 7.58. The molecule has 0 aliphatic carbocycles. The molecule has 0 aromatic heterocycles. The van der Waals surface area contributed by atoms with E-state index in [1.807, 2.05) is 0 Å². The van der Waals surface area contributed by atoms with Crippen LogP contribution in [0.25, 0.3) is 0 Å². The smallest absolute Gasteiger partial charge is 0.318 e. The third kappa shape index (κ3) is 4.81. The van der Waals surface area contributed by atoms with E-state index in [2.05, 4.69) is 10.0 Å². The zero-order chi connectivity index (χ0) is 12.0. The second kappa shape index (κ2) is 6.14. The minimum Gasteiger partial charge on any atom is -0.480 e. The van der Waals surface area contributed by atoms with Crippen molar-refractivity contribution >= 4 is 29.5 Å². The summed E-state index contributed by atoms with van der Waals surface area (Å²) in [5.74, 6) is -1.02. The van der Waals surface area contributed by atoms with Crippen LogP contribution in [0.3, 0.4) is 0 Å². The fourth-order valence-corrected chi connectivity index (χ4v) is 1.63. The third-order valence-corrected chi connectivity index (χ3v) is 2.38. The number of benzene rings is 1. The molecule has 0 heterocycles. The maximum atomic E-state index is 10.8. The molecule has 3 N–H and O–H groups in total. The van der Waals surface area contributed by atoms with Gasteiger partial charge >= 0.3 is 5.97 Å². The Balaban J connectivity index is 2.45. The van der Waals surface area contributed by atoms with Crippen molar-refractivity contribution in [1.82, 2.24) is 4.72 Å². The number of nitrogens with one attached hydrogen (secondary N) is 2. The molecule has 0 aliphatic heterocycles. The van der Waals surface area contributed by atoms with E-state index in [-0.39, 0.29) is 12.5 Å². The first-order valence-electron chi connectivity index (χ1n) is 4.57. The predicted molar refractivity (Wildman–Crippen MR) is 62.2 cm³/mol. The summed E-state index contributed by atoms with van der Waals surface area (Å²) in [4.78, 5) is 21.9. The zero-order valence-electron chi connectivity index (χ0n) is 8.69. The topological polar surface area (TPSA) is 78.4 Å². The summed E-state index contributed by atoms with van der Waals surface area (Å²) in [5, 5.41) is 11.1. The molecule has 1 aromatic carbocycles. The number of carboxylic acids is 1. The van der Waals surface area contributed by atoms with Gasteiger partial charge < -0.3 is 10.4 Å².